The van der Waals surface area contributed by atoms with Crippen molar-refractivity contribution in [1.82, 2.24) is 0 Å². The Morgan fingerprint density at radius 3 is 2.68 bits per heavy atom. The minimum absolute atomic E-state index is 0.0200. The van der Waals surface area contributed by atoms with Gasteiger partial charge < -0.3 is 4.74 Å². The summed E-state index contributed by atoms with van der Waals surface area (Å²) in [5, 5.41) is 0. The SMILES string of the molecule is CCCCCc1ccc(C2CCc3cc(OCC)ccc3C2)c(F)c1. The Balaban J connectivity index is 1.71. The average Bonchev–Trinajstić information content (AvgIpc) is 2.62. The molecule has 0 saturated heterocycles. The van der Waals surface area contributed by atoms with Gasteiger partial charge in [-0.3, -0.25) is 0 Å². The summed E-state index contributed by atoms with van der Waals surface area (Å²) in [6.45, 7) is 4.89. The molecule has 2 aromatic rings. The van der Waals surface area contributed by atoms with Crippen molar-refractivity contribution in [2.75, 3.05) is 6.61 Å². The van der Waals surface area contributed by atoms with E-state index in [0.29, 0.717) is 6.61 Å². The minimum Gasteiger partial charge on any atom is -0.494 e. The van der Waals surface area contributed by atoms with E-state index in [2.05, 4.69) is 25.1 Å². The molecule has 1 aliphatic carbocycles. The molecule has 0 aromatic heterocycles. The zero-order chi connectivity index (χ0) is 17.6. The Morgan fingerprint density at radius 1 is 1.04 bits per heavy atom. The molecule has 134 valence electrons. The van der Waals surface area contributed by atoms with Crippen LogP contribution in [0.2, 0.25) is 0 Å². The minimum atomic E-state index is -0.0200. The molecule has 0 radical (unpaired) electrons. The van der Waals surface area contributed by atoms with E-state index in [9.17, 15) is 4.39 Å². The van der Waals surface area contributed by atoms with Crippen LogP contribution in [0.5, 0.6) is 5.75 Å². The Morgan fingerprint density at radius 2 is 1.92 bits per heavy atom. The molecule has 2 heteroatoms. The molecule has 0 aliphatic heterocycles. The molecule has 0 spiro atoms. The van der Waals surface area contributed by atoms with Gasteiger partial charge in [-0.1, -0.05) is 38.0 Å². The van der Waals surface area contributed by atoms with E-state index in [0.717, 1.165) is 49.0 Å². The quantitative estimate of drug-likeness (QED) is 0.543. The van der Waals surface area contributed by atoms with E-state index in [1.807, 2.05) is 19.1 Å². The van der Waals surface area contributed by atoms with Crippen LogP contribution in [0.25, 0.3) is 0 Å². The Hall–Kier alpha value is -1.83. The third-order valence-electron chi connectivity index (χ3n) is 5.29. The van der Waals surface area contributed by atoms with Crippen LogP contribution in [0.3, 0.4) is 0 Å². The molecule has 0 bridgehead atoms. The fraction of sp³-hybridized carbons (Fsp3) is 0.478. The molecule has 0 N–H and O–H groups in total. The molecule has 0 fully saturated rings. The van der Waals surface area contributed by atoms with Gasteiger partial charge >= 0.3 is 0 Å². The molecule has 1 unspecified atom stereocenters. The highest BCUT2D eigenvalue weighted by Gasteiger charge is 2.23. The van der Waals surface area contributed by atoms with Crippen molar-refractivity contribution in [3.8, 4) is 5.75 Å². The highest BCUT2D eigenvalue weighted by Crippen LogP contribution is 2.35. The molecule has 0 amide bonds. The molecule has 2 aromatic carbocycles. The van der Waals surface area contributed by atoms with Crippen molar-refractivity contribution >= 4 is 0 Å². The third kappa shape index (κ3) is 4.42. The van der Waals surface area contributed by atoms with Crippen LogP contribution in [0, 0.1) is 5.82 Å². The molecule has 25 heavy (non-hydrogen) atoms. The van der Waals surface area contributed by atoms with Gasteiger partial charge in [-0.2, -0.15) is 0 Å². The van der Waals surface area contributed by atoms with E-state index >= 15 is 0 Å². The summed E-state index contributed by atoms with van der Waals surface area (Å²) in [6, 6.07) is 12.3. The molecule has 1 atom stereocenters. The van der Waals surface area contributed by atoms with Gasteiger partial charge in [0.2, 0.25) is 0 Å². The average molecular weight is 340 g/mol. The molecule has 0 saturated carbocycles. The van der Waals surface area contributed by atoms with Crippen LogP contribution < -0.4 is 4.74 Å². The Kier molecular flexibility index (Phi) is 6.12. The second-order valence-electron chi connectivity index (χ2n) is 7.12. The van der Waals surface area contributed by atoms with Crippen molar-refractivity contribution in [2.24, 2.45) is 0 Å². The second kappa shape index (κ2) is 8.51. The summed E-state index contributed by atoms with van der Waals surface area (Å²) in [5.74, 6) is 1.21. The van der Waals surface area contributed by atoms with Crippen LogP contribution >= 0.6 is 0 Å². The van der Waals surface area contributed by atoms with Gasteiger partial charge in [-0.25, -0.2) is 4.39 Å². The topological polar surface area (TPSA) is 9.23 Å². The molecule has 1 nitrogen and oxygen atoms in total. The van der Waals surface area contributed by atoms with Gasteiger partial charge in [-0.15, -0.1) is 0 Å². The van der Waals surface area contributed by atoms with E-state index in [4.69, 9.17) is 4.74 Å². The maximum Gasteiger partial charge on any atom is 0.126 e. The smallest absolute Gasteiger partial charge is 0.126 e. The van der Waals surface area contributed by atoms with Crippen molar-refractivity contribution in [1.29, 1.82) is 0 Å². The van der Waals surface area contributed by atoms with Crippen LogP contribution in [0.4, 0.5) is 4.39 Å². The third-order valence-corrected chi connectivity index (χ3v) is 5.29. The molecule has 1 aliphatic rings. The fourth-order valence-corrected chi connectivity index (χ4v) is 3.89. The number of halogens is 1. The predicted octanol–water partition coefficient (Wildman–Crippen LogP) is 6.23. The first-order chi connectivity index (χ1) is 12.2. The zero-order valence-electron chi connectivity index (χ0n) is 15.5. The van der Waals surface area contributed by atoms with E-state index < -0.39 is 0 Å². The number of fused-ring (bicyclic) bond motifs is 1. The number of unbranched alkanes of at least 4 members (excludes halogenated alkanes) is 2. The van der Waals surface area contributed by atoms with Crippen molar-refractivity contribution in [2.45, 2.75) is 64.7 Å². The summed E-state index contributed by atoms with van der Waals surface area (Å²) in [7, 11) is 0. The van der Waals surface area contributed by atoms with Gasteiger partial charge in [0.05, 0.1) is 6.61 Å². The summed E-state index contributed by atoms with van der Waals surface area (Å²) in [5.41, 5.74) is 4.72. The largest absolute Gasteiger partial charge is 0.494 e. The molecule has 0 heterocycles. The number of ether oxygens (including phenoxy) is 1. The molecule has 3 rings (SSSR count). The van der Waals surface area contributed by atoms with Crippen LogP contribution in [0.15, 0.2) is 36.4 Å². The zero-order valence-corrected chi connectivity index (χ0v) is 15.5. The maximum atomic E-state index is 14.7. The monoisotopic (exact) mass is 340 g/mol. The summed E-state index contributed by atoms with van der Waals surface area (Å²) in [6.07, 6.45) is 7.48. The van der Waals surface area contributed by atoms with E-state index in [1.54, 1.807) is 6.07 Å². The number of hydrogen-bond acceptors (Lipinski definition) is 1. The van der Waals surface area contributed by atoms with Gasteiger partial charge in [0.15, 0.2) is 0 Å². The number of rotatable bonds is 7. The van der Waals surface area contributed by atoms with Crippen molar-refractivity contribution in [3.63, 3.8) is 0 Å². The lowest BCUT2D eigenvalue weighted by Crippen LogP contribution is -2.14. The van der Waals surface area contributed by atoms with Crippen LogP contribution in [-0.4, -0.2) is 6.61 Å². The number of benzene rings is 2. The first-order valence-corrected chi connectivity index (χ1v) is 9.74. The normalized spacial score (nSPS) is 16.5. The number of aryl methyl sites for hydroxylation is 2. The standard InChI is InChI=1S/C23H29FO/c1-3-5-6-7-17-8-13-22(23(24)14-17)20-10-9-19-16-21(25-4-2)12-11-18(19)15-20/h8,11-14,16,20H,3-7,9-10,15H2,1-2H3. The van der Waals surface area contributed by atoms with E-state index in [1.165, 1.54) is 24.0 Å². The summed E-state index contributed by atoms with van der Waals surface area (Å²) in [4.78, 5) is 0. The highest BCUT2D eigenvalue weighted by molar-refractivity contribution is 5.40. The summed E-state index contributed by atoms with van der Waals surface area (Å²) >= 11 is 0. The Bertz CT molecular complexity index is 707. The first-order valence-electron chi connectivity index (χ1n) is 9.74. The molecular formula is C23H29FO. The highest BCUT2D eigenvalue weighted by atomic mass is 19.1. The lowest BCUT2D eigenvalue weighted by molar-refractivity contribution is 0.339. The first kappa shape index (κ1) is 18.0. The fourth-order valence-electron chi connectivity index (χ4n) is 3.89. The Labute approximate surface area is 151 Å². The van der Waals surface area contributed by atoms with Crippen LogP contribution in [-0.2, 0) is 19.3 Å². The van der Waals surface area contributed by atoms with Crippen molar-refractivity contribution in [3.05, 3.63) is 64.5 Å². The lowest BCUT2D eigenvalue weighted by Gasteiger charge is -2.26. The van der Waals surface area contributed by atoms with Crippen molar-refractivity contribution < 1.29 is 9.13 Å². The van der Waals surface area contributed by atoms with Gasteiger partial charge in [0.1, 0.15) is 11.6 Å². The lowest BCUT2D eigenvalue weighted by atomic mass is 9.79. The molecular weight excluding hydrogens is 311 g/mol. The van der Waals surface area contributed by atoms with Gasteiger partial charge in [0, 0.05) is 0 Å². The van der Waals surface area contributed by atoms with Gasteiger partial charge in [0.25, 0.3) is 0 Å². The van der Waals surface area contributed by atoms with Crippen LogP contribution in [0.1, 0.15) is 67.7 Å². The van der Waals surface area contributed by atoms with Gasteiger partial charge in [-0.05, 0) is 85.4 Å². The summed E-state index contributed by atoms with van der Waals surface area (Å²) < 4.78 is 20.3. The van der Waals surface area contributed by atoms with E-state index in [-0.39, 0.29) is 11.7 Å². The maximum absolute atomic E-state index is 14.7. The predicted molar refractivity (Wildman–Crippen MR) is 102 cm³/mol. The second-order valence-corrected chi connectivity index (χ2v) is 7.12. The number of hydrogen-bond donors (Lipinski definition) is 0.